The second-order valence-corrected chi connectivity index (χ2v) is 5.11. The van der Waals surface area contributed by atoms with E-state index < -0.39 is 0 Å². The molecule has 0 aliphatic rings. The molecular weight excluding hydrogens is 260 g/mol. The predicted octanol–water partition coefficient (Wildman–Crippen LogP) is 3.15. The molecule has 0 saturated heterocycles. The Morgan fingerprint density at radius 2 is 1.76 bits per heavy atom. The maximum Gasteiger partial charge on any atom is 0.220 e. The number of pyridine rings is 1. The topological polar surface area (TPSA) is 42.0 Å². The third kappa shape index (κ3) is 6.21. The Labute approximate surface area is 126 Å². The molecule has 0 fully saturated rings. The summed E-state index contributed by atoms with van der Waals surface area (Å²) in [5, 5.41) is 2.95. The Morgan fingerprint density at radius 3 is 2.52 bits per heavy atom. The number of nitrogens with one attached hydrogen (secondary N) is 1. The van der Waals surface area contributed by atoms with E-state index >= 15 is 0 Å². The van der Waals surface area contributed by atoms with Crippen LogP contribution in [0.1, 0.15) is 30.5 Å². The summed E-state index contributed by atoms with van der Waals surface area (Å²) in [6.45, 7) is 0.661. The molecule has 0 bridgehead atoms. The van der Waals surface area contributed by atoms with Crippen LogP contribution >= 0.6 is 0 Å². The Morgan fingerprint density at radius 1 is 0.952 bits per heavy atom. The molecule has 2 aromatic rings. The fraction of sp³-hybridized carbons (Fsp3) is 0.333. The summed E-state index contributed by atoms with van der Waals surface area (Å²) in [7, 11) is 0. The number of unbranched alkanes of at least 4 members (excludes halogenated alkanes) is 1. The number of carbonyl (C=O) groups is 1. The lowest BCUT2D eigenvalue weighted by atomic mass is 10.1. The highest BCUT2D eigenvalue weighted by atomic mass is 16.1. The van der Waals surface area contributed by atoms with Crippen LogP contribution in [0.3, 0.4) is 0 Å². The lowest BCUT2D eigenvalue weighted by molar-refractivity contribution is -0.121. The molecule has 1 aromatic heterocycles. The highest BCUT2D eigenvalue weighted by Gasteiger charge is 2.01. The lowest BCUT2D eigenvalue weighted by Gasteiger charge is -2.05. The Hall–Kier alpha value is -2.16. The van der Waals surface area contributed by atoms with Crippen LogP contribution in [0.2, 0.25) is 0 Å². The van der Waals surface area contributed by atoms with Gasteiger partial charge in [-0.15, -0.1) is 0 Å². The molecule has 0 unspecified atom stereocenters. The van der Waals surface area contributed by atoms with Crippen molar-refractivity contribution in [2.75, 3.05) is 6.54 Å². The SMILES string of the molecule is O=C(CCCCc1ccccc1)NCCc1ccccn1. The van der Waals surface area contributed by atoms with Gasteiger partial charge in [0.2, 0.25) is 5.91 Å². The summed E-state index contributed by atoms with van der Waals surface area (Å²) in [6.07, 6.45) is 6.20. The normalized spacial score (nSPS) is 10.3. The highest BCUT2D eigenvalue weighted by molar-refractivity contribution is 5.75. The number of aryl methyl sites for hydroxylation is 1. The van der Waals surface area contributed by atoms with Gasteiger partial charge in [-0.3, -0.25) is 9.78 Å². The van der Waals surface area contributed by atoms with E-state index in [1.165, 1.54) is 5.56 Å². The predicted molar refractivity (Wildman–Crippen MR) is 84.9 cm³/mol. The van der Waals surface area contributed by atoms with E-state index in [2.05, 4.69) is 34.6 Å². The van der Waals surface area contributed by atoms with E-state index in [4.69, 9.17) is 0 Å². The molecule has 0 aliphatic heterocycles. The lowest BCUT2D eigenvalue weighted by Crippen LogP contribution is -2.25. The van der Waals surface area contributed by atoms with Gasteiger partial charge in [0.05, 0.1) is 0 Å². The summed E-state index contributed by atoms with van der Waals surface area (Å²) >= 11 is 0. The van der Waals surface area contributed by atoms with Gasteiger partial charge in [0.15, 0.2) is 0 Å². The molecule has 3 nitrogen and oxygen atoms in total. The summed E-state index contributed by atoms with van der Waals surface area (Å²) in [5.74, 6) is 0.138. The number of hydrogen-bond donors (Lipinski definition) is 1. The second kappa shape index (κ2) is 8.90. The van der Waals surface area contributed by atoms with E-state index in [9.17, 15) is 4.79 Å². The van der Waals surface area contributed by atoms with Gasteiger partial charge >= 0.3 is 0 Å². The average molecular weight is 282 g/mol. The van der Waals surface area contributed by atoms with Crippen molar-refractivity contribution in [3.05, 3.63) is 66.0 Å². The van der Waals surface area contributed by atoms with Gasteiger partial charge in [0.25, 0.3) is 0 Å². The molecule has 0 atom stereocenters. The molecule has 0 aliphatic carbocycles. The first-order valence-electron chi connectivity index (χ1n) is 7.55. The molecule has 1 aromatic carbocycles. The van der Waals surface area contributed by atoms with Crippen LogP contribution in [-0.4, -0.2) is 17.4 Å². The molecule has 21 heavy (non-hydrogen) atoms. The highest BCUT2D eigenvalue weighted by Crippen LogP contribution is 2.06. The number of benzene rings is 1. The van der Waals surface area contributed by atoms with Gasteiger partial charge in [-0.25, -0.2) is 0 Å². The maximum absolute atomic E-state index is 11.7. The van der Waals surface area contributed by atoms with Crippen LogP contribution in [0.5, 0.6) is 0 Å². The first-order chi connectivity index (χ1) is 10.3. The number of amides is 1. The van der Waals surface area contributed by atoms with E-state index in [0.29, 0.717) is 13.0 Å². The smallest absolute Gasteiger partial charge is 0.220 e. The number of rotatable bonds is 8. The van der Waals surface area contributed by atoms with Crippen molar-refractivity contribution in [3.63, 3.8) is 0 Å². The molecular formula is C18H22N2O. The minimum Gasteiger partial charge on any atom is -0.356 e. The largest absolute Gasteiger partial charge is 0.356 e. The van der Waals surface area contributed by atoms with Gasteiger partial charge in [-0.05, 0) is 37.0 Å². The van der Waals surface area contributed by atoms with Crippen LogP contribution in [0.25, 0.3) is 0 Å². The van der Waals surface area contributed by atoms with Crippen molar-refractivity contribution in [1.29, 1.82) is 0 Å². The average Bonchev–Trinajstić information content (AvgIpc) is 2.54. The molecule has 1 heterocycles. The van der Waals surface area contributed by atoms with Gasteiger partial charge in [0, 0.05) is 31.3 Å². The minimum atomic E-state index is 0.138. The van der Waals surface area contributed by atoms with Crippen molar-refractivity contribution in [1.82, 2.24) is 10.3 Å². The molecule has 110 valence electrons. The standard InChI is InChI=1S/C18H22N2O/c21-18(20-15-13-17-11-6-7-14-19-17)12-5-4-10-16-8-2-1-3-9-16/h1-3,6-9,11,14H,4-5,10,12-13,15H2,(H,20,21). The van der Waals surface area contributed by atoms with E-state index in [-0.39, 0.29) is 5.91 Å². The van der Waals surface area contributed by atoms with Gasteiger partial charge in [-0.2, -0.15) is 0 Å². The molecule has 1 amide bonds. The Kier molecular flexibility index (Phi) is 6.46. The van der Waals surface area contributed by atoms with E-state index in [0.717, 1.165) is 31.4 Å². The van der Waals surface area contributed by atoms with Crippen LogP contribution < -0.4 is 5.32 Å². The second-order valence-electron chi connectivity index (χ2n) is 5.11. The van der Waals surface area contributed by atoms with Gasteiger partial charge in [-0.1, -0.05) is 36.4 Å². The van der Waals surface area contributed by atoms with E-state index in [1.807, 2.05) is 24.3 Å². The van der Waals surface area contributed by atoms with Crippen molar-refractivity contribution in [2.45, 2.75) is 32.1 Å². The fourth-order valence-corrected chi connectivity index (χ4v) is 2.22. The first-order valence-corrected chi connectivity index (χ1v) is 7.55. The number of nitrogens with zero attached hydrogens (tertiary/aromatic N) is 1. The zero-order valence-corrected chi connectivity index (χ0v) is 12.3. The summed E-state index contributed by atoms with van der Waals surface area (Å²) in [5.41, 5.74) is 2.36. The Balaban J connectivity index is 1.54. The molecule has 0 saturated carbocycles. The fourth-order valence-electron chi connectivity index (χ4n) is 2.22. The van der Waals surface area contributed by atoms with Crippen molar-refractivity contribution in [3.8, 4) is 0 Å². The quantitative estimate of drug-likeness (QED) is 0.756. The summed E-state index contributed by atoms with van der Waals surface area (Å²) < 4.78 is 0. The van der Waals surface area contributed by atoms with Crippen LogP contribution in [0.4, 0.5) is 0 Å². The van der Waals surface area contributed by atoms with Crippen molar-refractivity contribution < 1.29 is 4.79 Å². The number of hydrogen-bond acceptors (Lipinski definition) is 2. The molecule has 2 rings (SSSR count). The maximum atomic E-state index is 11.7. The molecule has 1 N–H and O–H groups in total. The third-order valence-electron chi connectivity index (χ3n) is 3.39. The zero-order valence-electron chi connectivity index (χ0n) is 12.3. The van der Waals surface area contributed by atoms with Crippen LogP contribution in [0, 0.1) is 0 Å². The number of aromatic nitrogens is 1. The van der Waals surface area contributed by atoms with Crippen LogP contribution in [0.15, 0.2) is 54.7 Å². The number of carbonyl (C=O) groups excluding carboxylic acids is 1. The molecule has 0 spiro atoms. The zero-order chi connectivity index (χ0) is 14.8. The minimum absolute atomic E-state index is 0.138. The monoisotopic (exact) mass is 282 g/mol. The summed E-state index contributed by atoms with van der Waals surface area (Å²) in [6, 6.07) is 16.2. The van der Waals surface area contributed by atoms with Gasteiger partial charge < -0.3 is 5.32 Å². The first kappa shape index (κ1) is 15.2. The summed E-state index contributed by atoms with van der Waals surface area (Å²) in [4.78, 5) is 15.9. The van der Waals surface area contributed by atoms with Crippen LogP contribution in [-0.2, 0) is 17.6 Å². The third-order valence-corrected chi connectivity index (χ3v) is 3.39. The van der Waals surface area contributed by atoms with Crippen molar-refractivity contribution in [2.24, 2.45) is 0 Å². The van der Waals surface area contributed by atoms with E-state index in [1.54, 1.807) is 6.20 Å². The Bertz CT molecular complexity index is 525. The van der Waals surface area contributed by atoms with Crippen molar-refractivity contribution >= 4 is 5.91 Å². The molecule has 0 radical (unpaired) electrons. The van der Waals surface area contributed by atoms with Gasteiger partial charge in [0.1, 0.15) is 0 Å². The molecule has 3 heteroatoms.